The lowest BCUT2D eigenvalue weighted by Gasteiger charge is -2.32. The van der Waals surface area contributed by atoms with Crippen molar-refractivity contribution in [3.05, 3.63) is 35.4 Å². The van der Waals surface area contributed by atoms with Gasteiger partial charge in [-0.05, 0) is 17.7 Å². The first-order chi connectivity index (χ1) is 9.10. The van der Waals surface area contributed by atoms with Crippen LogP contribution in [-0.2, 0) is 16.0 Å². The molecule has 1 aliphatic rings. The maximum atomic E-state index is 13.1. The number of nitrogens with two attached hydrogens (primary N) is 1. The van der Waals surface area contributed by atoms with E-state index in [0.29, 0.717) is 31.8 Å². The van der Waals surface area contributed by atoms with Gasteiger partial charge in [0.25, 0.3) is 0 Å². The molecule has 104 valence electrons. The van der Waals surface area contributed by atoms with Crippen molar-refractivity contribution in [3.63, 3.8) is 0 Å². The van der Waals surface area contributed by atoms with Crippen molar-refractivity contribution in [2.24, 2.45) is 5.73 Å². The summed E-state index contributed by atoms with van der Waals surface area (Å²) in [6, 6.07) is 3.49. The second-order valence-electron chi connectivity index (χ2n) is 4.49. The molecule has 4 nitrogen and oxygen atoms in total. The molecule has 0 unspecified atom stereocenters. The van der Waals surface area contributed by atoms with E-state index in [1.54, 1.807) is 4.90 Å². The molecule has 1 heterocycles. The Kier molecular flexibility index (Phi) is 4.44. The molecule has 1 aliphatic heterocycles. The van der Waals surface area contributed by atoms with Gasteiger partial charge in [-0.3, -0.25) is 4.79 Å². The van der Waals surface area contributed by atoms with E-state index in [0.717, 1.165) is 12.1 Å². The van der Waals surface area contributed by atoms with Gasteiger partial charge in [-0.15, -0.1) is 0 Å². The first-order valence-corrected chi connectivity index (χ1v) is 6.13. The van der Waals surface area contributed by atoms with Crippen molar-refractivity contribution in [2.45, 2.75) is 12.5 Å². The Hall–Kier alpha value is -1.53. The maximum Gasteiger partial charge on any atom is 0.227 e. The summed E-state index contributed by atoms with van der Waals surface area (Å²) >= 11 is 0. The van der Waals surface area contributed by atoms with Gasteiger partial charge in [-0.1, -0.05) is 6.07 Å². The fourth-order valence-corrected chi connectivity index (χ4v) is 2.02. The Morgan fingerprint density at radius 1 is 1.42 bits per heavy atom. The number of benzene rings is 1. The molecule has 1 saturated heterocycles. The Morgan fingerprint density at radius 3 is 2.89 bits per heavy atom. The van der Waals surface area contributed by atoms with Crippen molar-refractivity contribution in [1.82, 2.24) is 4.90 Å². The highest BCUT2D eigenvalue weighted by atomic mass is 19.2. The number of halogens is 2. The van der Waals surface area contributed by atoms with Crippen LogP contribution < -0.4 is 5.73 Å². The third kappa shape index (κ3) is 3.48. The number of carbonyl (C=O) groups is 1. The quantitative estimate of drug-likeness (QED) is 0.879. The van der Waals surface area contributed by atoms with E-state index in [4.69, 9.17) is 10.5 Å². The van der Waals surface area contributed by atoms with E-state index in [-0.39, 0.29) is 18.4 Å². The van der Waals surface area contributed by atoms with Gasteiger partial charge in [-0.25, -0.2) is 8.78 Å². The average molecular weight is 270 g/mol. The van der Waals surface area contributed by atoms with Crippen LogP contribution in [0.4, 0.5) is 8.78 Å². The van der Waals surface area contributed by atoms with Gasteiger partial charge in [0.05, 0.1) is 19.1 Å². The zero-order valence-corrected chi connectivity index (χ0v) is 10.4. The van der Waals surface area contributed by atoms with Crippen LogP contribution in [0.2, 0.25) is 0 Å². The van der Waals surface area contributed by atoms with Gasteiger partial charge < -0.3 is 15.4 Å². The van der Waals surface area contributed by atoms with Gasteiger partial charge >= 0.3 is 0 Å². The highest BCUT2D eigenvalue weighted by Gasteiger charge is 2.23. The monoisotopic (exact) mass is 270 g/mol. The molecule has 0 bridgehead atoms. The molecule has 1 fully saturated rings. The molecular weight excluding hydrogens is 254 g/mol. The van der Waals surface area contributed by atoms with Crippen molar-refractivity contribution >= 4 is 5.91 Å². The summed E-state index contributed by atoms with van der Waals surface area (Å²) in [5, 5.41) is 0. The number of nitrogens with zero attached hydrogens (tertiary/aromatic N) is 1. The highest BCUT2D eigenvalue weighted by Crippen LogP contribution is 2.12. The molecule has 0 aliphatic carbocycles. The Balaban J connectivity index is 1.98. The molecule has 0 aromatic heterocycles. The largest absolute Gasteiger partial charge is 0.373 e. The summed E-state index contributed by atoms with van der Waals surface area (Å²) in [6.45, 7) is 1.75. The topological polar surface area (TPSA) is 55.6 Å². The van der Waals surface area contributed by atoms with E-state index in [2.05, 4.69) is 0 Å². The van der Waals surface area contributed by atoms with Crippen molar-refractivity contribution in [3.8, 4) is 0 Å². The second kappa shape index (κ2) is 6.08. The van der Waals surface area contributed by atoms with Crippen LogP contribution in [0.15, 0.2) is 18.2 Å². The van der Waals surface area contributed by atoms with E-state index in [1.807, 2.05) is 0 Å². The van der Waals surface area contributed by atoms with Gasteiger partial charge in [0, 0.05) is 19.6 Å². The molecule has 1 atom stereocenters. The minimum Gasteiger partial charge on any atom is -0.373 e. The zero-order chi connectivity index (χ0) is 13.8. The smallest absolute Gasteiger partial charge is 0.227 e. The lowest BCUT2D eigenvalue weighted by molar-refractivity contribution is -0.137. The zero-order valence-electron chi connectivity index (χ0n) is 10.4. The number of hydrogen-bond acceptors (Lipinski definition) is 3. The Labute approximate surface area is 110 Å². The number of ether oxygens (including phenoxy) is 1. The molecule has 1 aromatic carbocycles. The summed E-state index contributed by atoms with van der Waals surface area (Å²) in [7, 11) is 0. The van der Waals surface area contributed by atoms with Gasteiger partial charge in [0.15, 0.2) is 11.6 Å². The number of carbonyl (C=O) groups excluding carboxylic acids is 1. The third-order valence-electron chi connectivity index (χ3n) is 3.09. The van der Waals surface area contributed by atoms with Crippen LogP contribution in [-0.4, -0.2) is 43.2 Å². The van der Waals surface area contributed by atoms with Gasteiger partial charge in [0.2, 0.25) is 5.91 Å². The molecule has 6 heteroatoms. The first kappa shape index (κ1) is 13.9. The predicted molar refractivity (Wildman–Crippen MR) is 65.4 cm³/mol. The normalized spacial score (nSPS) is 19.5. The molecule has 1 amide bonds. The summed E-state index contributed by atoms with van der Waals surface area (Å²) in [5.74, 6) is -1.98. The standard InChI is InChI=1S/C13H16F2N2O2/c14-11-2-1-9(5-12(11)15)6-13(18)17-3-4-19-10(7-16)8-17/h1-2,5,10H,3-4,6-8,16H2/t10-/m0/s1. The molecule has 2 N–H and O–H groups in total. The second-order valence-corrected chi connectivity index (χ2v) is 4.49. The minimum absolute atomic E-state index is 0.0501. The number of amides is 1. The number of rotatable bonds is 3. The van der Waals surface area contributed by atoms with Crippen molar-refractivity contribution < 1.29 is 18.3 Å². The van der Waals surface area contributed by atoms with Crippen LogP contribution in [0.3, 0.4) is 0 Å². The van der Waals surface area contributed by atoms with Crippen LogP contribution in [0.5, 0.6) is 0 Å². The minimum atomic E-state index is -0.938. The van der Waals surface area contributed by atoms with E-state index >= 15 is 0 Å². The Bertz CT molecular complexity index is 468. The third-order valence-corrected chi connectivity index (χ3v) is 3.09. The van der Waals surface area contributed by atoms with Gasteiger partial charge in [0.1, 0.15) is 0 Å². The van der Waals surface area contributed by atoms with E-state index < -0.39 is 11.6 Å². The summed E-state index contributed by atoms with van der Waals surface area (Å²) in [6.07, 6.45) is -0.100. The molecule has 19 heavy (non-hydrogen) atoms. The first-order valence-electron chi connectivity index (χ1n) is 6.13. The molecule has 0 spiro atoms. The summed E-state index contributed by atoms with van der Waals surface area (Å²) < 4.78 is 31.2. The Morgan fingerprint density at radius 2 is 2.21 bits per heavy atom. The lowest BCUT2D eigenvalue weighted by Crippen LogP contribution is -2.48. The van der Waals surface area contributed by atoms with Crippen LogP contribution in [0.1, 0.15) is 5.56 Å². The molecule has 0 saturated carbocycles. The molecular formula is C13H16F2N2O2. The number of hydrogen-bond donors (Lipinski definition) is 1. The molecule has 2 rings (SSSR count). The highest BCUT2D eigenvalue weighted by molar-refractivity contribution is 5.78. The average Bonchev–Trinajstić information content (AvgIpc) is 2.43. The summed E-state index contributed by atoms with van der Waals surface area (Å²) in [4.78, 5) is 13.7. The van der Waals surface area contributed by atoms with Crippen LogP contribution in [0.25, 0.3) is 0 Å². The van der Waals surface area contributed by atoms with Crippen LogP contribution in [0, 0.1) is 11.6 Å². The molecule has 0 radical (unpaired) electrons. The fourth-order valence-electron chi connectivity index (χ4n) is 2.02. The van der Waals surface area contributed by atoms with Crippen molar-refractivity contribution in [2.75, 3.05) is 26.2 Å². The van der Waals surface area contributed by atoms with Crippen LogP contribution >= 0.6 is 0 Å². The van der Waals surface area contributed by atoms with E-state index in [9.17, 15) is 13.6 Å². The predicted octanol–water partition coefficient (Wildman–Crippen LogP) is 0.693. The number of morpholine rings is 1. The van der Waals surface area contributed by atoms with E-state index in [1.165, 1.54) is 6.07 Å². The lowest BCUT2D eigenvalue weighted by atomic mass is 10.1. The summed E-state index contributed by atoms with van der Waals surface area (Å²) in [5.41, 5.74) is 5.96. The molecule has 1 aromatic rings. The maximum absolute atomic E-state index is 13.1. The fraction of sp³-hybridized carbons (Fsp3) is 0.462. The van der Waals surface area contributed by atoms with Crippen molar-refractivity contribution in [1.29, 1.82) is 0 Å². The SMILES string of the molecule is NC[C@H]1CN(C(=O)Cc2ccc(F)c(F)c2)CCO1. The van der Waals surface area contributed by atoms with Gasteiger partial charge in [-0.2, -0.15) is 0 Å².